The Morgan fingerprint density at radius 2 is 2.29 bits per heavy atom. The summed E-state index contributed by atoms with van der Waals surface area (Å²) >= 11 is 5.93. The van der Waals surface area contributed by atoms with Crippen molar-refractivity contribution in [2.45, 2.75) is 31.6 Å². The van der Waals surface area contributed by atoms with Crippen LogP contribution in [-0.4, -0.2) is 42.0 Å². The van der Waals surface area contributed by atoms with Crippen molar-refractivity contribution in [3.8, 4) is 5.75 Å². The van der Waals surface area contributed by atoms with Gasteiger partial charge in [-0.15, -0.1) is 11.6 Å². The standard InChI is InChI=1S/C15H15ClF2N2O4/c1-22-14(21)8-4-10-13(11(5-8)24-15(17)18)19-12(6-16)20(10)7-9-2-3-23-9/h4-5,9,15H,2-3,6-7H2,1H3. The second-order valence-electron chi connectivity index (χ2n) is 5.27. The molecule has 0 N–H and O–H groups in total. The minimum absolute atomic E-state index is 0.00520. The molecule has 1 unspecified atom stereocenters. The van der Waals surface area contributed by atoms with Crippen LogP contribution < -0.4 is 4.74 Å². The molecule has 1 aromatic heterocycles. The number of alkyl halides is 3. The minimum Gasteiger partial charge on any atom is -0.465 e. The lowest BCUT2D eigenvalue weighted by Crippen LogP contribution is -2.31. The number of rotatable bonds is 6. The van der Waals surface area contributed by atoms with Crippen LogP contribution in [0.4, 0.5) is 8.78 Å². The molecule has 0 aliphatic carbocycles. The van der Waals surface area contributed by atoms with E-state index >= 15 is 0 Å². The zero-order valence-electron chi connectivity index (χ0n) is 12.8. The Morgan fingerprint density at radius 3 is 2.83 bits per heavy atom. The van der Waals surface area contributed by atoms with Gasteiger partial charge in [0.2, 0.25) is 0 Å². The highest BCUT2D eigenvalue weighted by atomic mass is 35.5. The first-order valence-corrected chi connectivity index (χ1v) is 7.80. The molecule has 0 spiro atoms. The normalized spacial score (nSPS) is 17.1. The molecule has 0 bridgehead atoms. The third-order valence-corrected chi connectivity index (χ3v) is 4.07. The Bertz CT molecular complexity index is 762. The maximum atomic E-state index is 12.7. The third-order valence-electron chi connectivity index (χ3n) is 3.83. The van der Waals surface area contributed by atoms with Crippen molar-refractivity contribution in [3.63, 3.8) is 0 Å². The first-order chi connectivity index (χ1) is 11.5. The van der Waals surface area contributed by atoms with Crippen LogP contribution >= 0.6 is 11.6 Å². The number of methoxy groups -OCH3 is 1. The van der Waals surface area contributed by atoms with E-state index in [4.69, 9.17) is 16.3 Å². The summed E-state index contributed by atoms with van der Waals surface area (Å²) in [7, 11) is 1.21. The van der Waals surface area contributed by atoms with Gasteiger partial charge in [-0.3, -0.25) is 0 Å². The Balaban J connectivity index is 2.15. The average molecular weight is 361 g/mol. The highest BCUT2D eigenvalue weighted by molar-refractivity contribution is 6.17. The first-order valence-electron chi connectivity index (χ1n) is 7.27. The molecule has 1 aliphatic heterocycles. The van der Waals surface area contributed by atoms with Crippen LogP contribution in [0.25, 0.3) is 11.0 Å². The smallest absolute Gasteiger partial charge is 0.387 e. The summed E-state index contributed by atoms with van der Waals surface area (Å²) < 4.78 is 41.8. The fourth-order valence-electron chi connectivity index (χ4n) is 2.60. The van der Waals surface area contributed by atoms with Crippen molar-refractivity contribution >= 4 is 28.6 Å². The van der Waals surface area contributed by atoms with Crippen LogP contribution in [0.2, 0.25) is 0 Å². The van der Waals surface area contributed by atoms with Crippen LogP contribution in [0, 0.1) is 0 Å². The molecule has 3 rings (SSSR count). The van der Waals surface area contributed by atoms with E-state index in [1.54, 1.807) is 4.57 Å². The van der Waals surface area contributed by atoms with Crippen LogP contribution in [0.5, 0.6) is 5.75 Å². The number of hydrogen-bond acceptors (Lipinski definition) is 5. The lowest BCUT2D eigenvalue weighted by molar-refractivity contribution is -0.0589. The van der Waals surface area contributed by atoms with Crippen LogP contribution in [0.3, 0.4) is 0 Å². The molecule has 1 aliphatic rings. The minimum atomic E-state index is -3.04. The van der Waals surface area contributed by atoms with Crippen LogP contribution in [0.15, 0.2) is 12.1 Å². The van der Waals surface area contributed by atoms with Crippen LogP contribution in [-0.2, 0) is 21.9 Å². The molecule has 24 heavy (non-hydrogen) atoms. The predicted octanol–water partition coefficient (Wildman–Crippen LogP) is 2.95. The van der Waals surface area contributed by atoms with Gasteiger partial charge in [0.1, 0.15) is 11.3 Å². The fourth-order valence-corrected chi connectivity index (χ4v) is 2.80. The number of aromatic nitrogens is 2. The number of hydrogen-bond donors (Lipinski definition) is 0. The molecule has 130 valence electrons. The van der Waals surface area contributed by atoms with E-state index in [0.29, 0.717) is 24.5 Å². The van der Waals surface area contributed by atoms with Gasteiger partial charge in [-0.05, 0) is 18.6 Å². The average Bonchev–Trinajstić information content (AvgIpc) is 2.87. The molecule has 6 nitrogen and oxygen atoms in total. The van der Waals surface area contributed by atoms with Gasteiger partial charge in [0, 0.05) is 6.61 Å². The fraction of sp³-hybridized carbons (Fsp3) is 0.467. The van der Waals surface area contributed by atoms with Crippen molar-refractivity contribution in [1.29, 1.82) is 0 Å². The summed E-state index contributed by atoms with van der Waals surface area (Å²) in [5.41, 5.74) is 0.787. The summed E-state index contributed by atoms with van der Waals surface area (Å²) in [4.78, 5) is 16.1. The zero-order chi connectivity index (χ0) is 17.3. The second-order valence-corrected chi connectivity index (χ2v) is 5.53. The molecule has 1 atom stereocenters. The Hall–Kier alpha value is -1.93. The van der Waals surface area contributed by atoms with E-state index in [1.807, 2.05) is 0 Å². The van der Waals surface area contributed by atoms with E-state index in [1.165, 1.54) is 19.2 Å². The molecule has 0 saturated carbocycles. The summed E-state index contributed by atoms with van der Waals surface area (Å²) in [5, 5.41) is 0. The monoisotopic (exact) mass is 360 g/mol. The highest BCUT2D eigenvalue weighted by Gasteiger charge is 2.24. The van der Waals surface area contributed by atoms with Crippen molar-refractivity contribution in [2.75, 3.05) is 13.7 Å². The van der Waals surface area contributed by atoms with Gasteiger partial charge >= 0.3 is 12.6 Å². The number of ether oxygens (including phenoxy) is 3. The molecular formula is C15H15ClF2N2O4. The lowest BCUT2D eigenvalue weighted by atomic mass is 10.1. The maximum absolute atomic E-state index is 12.7. The maximum Gasteiger partial charge on any atom is 0.387 e. The Kier molecular flexibility index (Phi) is 4.86. The second kappa shape index (κ2) is 6.90. The van der Waals surface area contributed by atoms with Gasteiger partial charge in [-0.1, -0.05) is 0 Å². The molecule has 1 aromatic carbocycles. The van der Waals surface area contributed by atoms with Gasteiger partial charge < -0.3 is 18.8 Å². The SMILES string of the molecule is COC(=O)c1cc(OC(F)F)c2nc(CCl)n(CC3CCO3)c2c1. The molecule has 0 radical (unpaired) electrons. The first kappa shape index (κ1) is 16.9. The molecule has 0 amide bonds. The third kappa shape index (κ3) is 3.16. The van der Waals surface area contributed by atoms with E-state index in [2.05, 4.69) is 14.5 Å². The lowest BCUT2D eigenvalue weighted by Gasteiger charge is -2.27. The van der Waals surface area contributed by atoms with E-state index in [-0.39, 0.29) is 28.8 Å². The summed E-state index contributed by atoms with van der Waals surface area (Å²) in [5.74, 6) is -0.273. The van der Waals surface area contributed by atoms with Gasteiger partial charge in [0.05, 0.1) is 36.7 Å². The number of imidazole rings is 1. The number of nitrogens with zero attached hydrogens (tertiary/aromatic N) is 2. The number of fused-ring (bicyclic) bond motifs is 1. The van der Waals surface area contributed by atoms with Gasteiger partial charge in [0.25, 0.3) is 0 Å². The number of esters is 1. The molecule has 2 aromatic rings. The molecule has 9 heteroatoms. The molecule has 1 fully saturated rings. The van der Waals surface area contributed by atoms with E-state index in [9.17, 15) is 13.6 Å². The highest BCUT2D eigenvalue weighted by Crippen LogP contribution is 2.31. The molecule has 2 heterocycles. The zero-order valence-corrected chi connectivity index (χ0v) is 13.6. The number of carbonyl (C=O) groups is 1. The van der Waals surface area contributed by atoms with Crippen molar-refractivity contribution < 1.29 is 27.8 Å². The largest absolute Gasteiger partial charge is 0.465 e. The number of benzene rings is 1. The summed E-state index contributed by atoms with van der Waals surface area (Å²) in [6.07, 6.45) is 0.893. The Morgan fingerprint density at radius 1 is 1.54 bits per heavy atom. The Labute approximate surface area is 141 Å². The molecule has 1 saturated heterocycles. The van der Waals surface area contributed by atoms with Crippen LogP contribution in [0.1, 0.15) is 22.6 Å². The van der Waals surface area contributed by atoms with E-state index in [0.717, 1.165) is 6.42 Å². The number of halogens is 3. The number of carbonyl (C=O) groups excluding carboxylic acids is 1. The summed E-state index contributed by atoms with van der Waals surface area (Å²) in [6, 6.07) is 2.72. The predicted molar refractivity (Wildman–Crippen MR) is 81.6 cm³/mol. The van der Waals surface area contributed by atoms with Gasteiger partial charge in [-0.2, -0.15) is 8.78 Å². The topological polar surface area (TPSA) is 62.6 Å². The van der Waals surface area contributed by atoms with E-state index < -0.39 is 12.6 Å². The van der Waals surface area contributed by atoms with Crippen molar-refractivity contribution in [2.24, 2.45) is 0 Å². The van der Waals surface area contributed by atoms with Gasteiger partial charge in [-0.25, -0.2) is 9.78 Å². The molecular weight excluding hydrogens is 346 g/mol. The summed E-state index contributed by atoms with van der Waals surface area (Å²) in [6.45, 7) is -1.89. The van der Waals surface area contributed by atoms with Crippen molar-refractivity contribution in [1.82, 2.24) is 9.55 Å². The quantitative estimate of drug-likeness (QED) is 0.585. The van der Waals surface area contributed by atoms with Gasteiger partial charge in [0.15, 0.2) is 5.75 Å². The van der Waals surface area contributed by atoms with Crippen molar-refractivity contribution in [3.05, 3.63) is 23.5 Å².